The number of nitrogens with zero attached hydrogens (tertiary/aromatic N) is 3. The molecule has 0 saturated heterocycles. The lowest BCUT2D eigenvalue weighted by atomic mass is 10.1. The molecule has 146 valence electrons. The van der Waals surface area contributed by atoms with Gasteiger partial charge in [0.25, 0.3) is 11.8 Å². The first-order valence-electron chi connectivity index (χ1n) is 9.14. The average Bonchev–Trinajstić information content (AvgIpc) is 3.30. The number of amides is 3. The Balaban J connectivity index is 1.30. The summed E-state index contributed by atoms with van der Waals surface area (Å²) in [7, 11) is 0. The first-order valence-corrected chi connectivity index (χ1v) is 9.14. The van der Waals surface area contributed by atoms with Crippen molar-refractivity contribution in [2.45, 2.75) is 19.9 Å². The molecule has 0 saturated carbocycles. The van der Waals surface area contributed by atoms with Crippen LogP contribution in [0.15, 0.2) is 52.9 Å². The smallest absolute Gasteiger partial charge is 0.261 e. The third-order valence-electron chi connectivity index (χ3n) is 4.64. The minimum absolute atomic E-state index is 0.00950. The Hall–Kier alpha value is -3.81. The molecular formula is C21H18N4O4. The van der Waals surface area contributed by atoms with E-state index in [1.807, 2.05) is 31.2 Å². The number of aromatic nitrogens is 2. The maximum Gasteiger partial charge on any atom is 0.261 e. The van der Waals surface area contributed by atoms with Crippen LogP contribution in [0.3, 0.4) is 0 Å². The molecule has 1 aliphatic rings. The van der Waals surface area contributed by atoms with Crippen molar-refractivity contribution in [3.63, 3.8) is 0 Å². The average molecular weight is 390 g/mol. The molecule has 0 fully saturated rings. The fourth-order valence-electron chi connectivity index (χ4n) is 3.06. The normalized spacial score (nSPS) is 12.9. The van der Waals surface area contributed by atoms with E-state index in [1.165, 1.54) is 0 Å². The summed E-state index contributed by atoms with van der Waals surface area (Å²) in [6.45, 7) is 2.07. The number of hydrogen-bond acceptors (Lipinski definition) is 6. The predicted molar refractivity (Wildman–Crippen MR) is 103 cm³/mol. The van der Waals surface area contributed by atoms with E-state index in [1.54, 1.807) is 24.3 Å². The molecule has 0 spiro atoms. The second-order valence-electron chi connectivity index (χ2n) is 6.70. The largest absolute Gasteiger partial charge is 0.419 e. The summed E-state index contributed by atoms with van der Waals surface area (Å²) in [6, 6.07) is 14.3. The van der Waals surface area contributed by atoms with E-state index in [0.29, 0.717) is 17.0 Å². The monoisotopic (exact) mass is 390 g/mol. The second-order valence-corrected chi connectivity index (χ2v) is 6.70. The third kappa shape index (κ3) is 3.77. The number of aryl methyl sites for hydroxylation is 1. The summed E-state index contributed by atoms with van der Waals surface area (Å²) in [6.07, 6.45) is -0.00950. The van der Waals surface area contributed by atoms with Gasteiger partial charge in [0, 0.05) is 18.5 Å². The van der Waals surface area contributed by atoms with Gasteiger partial charge < -0.3 is 9.73 Å². The van der Waals surface area contributed by atoms with E-state index >= 15 is 0 Å². The number of carbonyl (C=O) groups is 3. The minimum atomic E-state index is -0.377. The van der Waals surface area contributed by atoms with Gasteiger partial charge >= 0.3 is 0 Å². The van der Waals surface area contributed by atoms with Crippen molar-refractivity contribution in [1.82, 2.24) is 20.4 Å². The van der Waals surface area contributed by atoms with Crippen molar-refractivity contribution in [1.29, 1.82) is 0 Å². The maximum atomic E-state index is 12.3. The van der Waals surface area contributed by atoms with Crippen molar-refractivity contribution >= 4 is 17.7 Å². The summed E-state index contributed by atoms with van der Waals surface area (Å²) in [4.78, 5) is 37.8. The molecule has 8 nitrogen and oxygen atoms in total. The van der Waals surface area contributed by atoms with Gasteiger partial charge in [-0.1, -0.05) is 29.8 Å². The van der Waals surface area contributed by atoms with E-state index in [2.05, 4.69) is 15.5 Å². The van der Waals surface area contributed by atoms with Crippen molar-refractivity contribution < 1.29 is 18.8 Å². The SMILES string of the molecule is Cc1ccc(-c2nnc(CNC(=O)CCN3C(=O)c4ccccc4C3=O)o2)cc1. The quantitative estimate of drug-likeness (QED) is 0.648. The van der Waals surface area contributed by atoms with Crippen molar-refractivity contribution in [2.75, 3.05) is 6.54 Å². The van der Waals surface area contributed by atoms with E-state index in [-0.39, 0.29) is 43.1 Å². The number of imide groups is 1. The van der Waals surface area contributed by atoms with Gasteiger partial charge in [0.2, 0.25) is 17.7 Å². The van der Waals surface area contributed by atoms with E-state index < -0.39 is 0 Å². The van der Waals surface area contributed by atoms with Gasteiger partial charge in [-0.15, -0.1) is 10.2 Å². The lowest BCUT2D eigenvalue weighted by molar-refractivity contribution is -0.121. The summed E-state index contributed by atoms with van der Waals surface area (Å²) < 4.78 is 5.56. The first-order chi connectivity index (χ1) is 14.0. The fourth-order valence-corrected chi connectivity index (χ4v) is 3.06. The molecule has 1 aromatic heterocycles. The van der Waals surface area contributed by atoms with E-state index in [9.17, 15) is 14.4 Å². The highest BCUT2D eigenvalue weighted by molar-refractivity contribution is 6.21. The Morgan fingerprint density at radius 3 is 2.31 bits per heavy atom. The Morgan fingerprint density at radius 2 is 1.66 bits per heavy atom. The zero-order valence-electron chi connectivity index (χ0n) is 15.7. The molecule has 1 N–H and O–H groups in total. The summed E-state index contributed by atoms with van der Waals surface area (Å²) in [5.41, 5.74) is 2.66. The number of fused-ring (bicyclic) bond motifs is 1. The van der Waals surface area contributed by atoms with Crippen LogP contribution >= 0.6 is 0 Å². The molecule has 4 rings (SSSR count). The predicted octanol–water partition coefficient (Wildman–Crippen LogP) is 2.35. The lowest BCUT2D eigenvalue weighted by Gasteiger charge is -2.13. The van der Waals surface area contributed by atoms with Gasteiger partial charge in [0.15, 0.2) is 0 Å². The van der Waals surface area contributed by atoms with Crippen LogP contribution < -0.4 is 5.32 Å². The maximum absolute atomic E-state index is 12.3. The molecule has 0 radical (unpaired) electrons. The van der Waals surface area contributed by atoms with Crippen molar-refractivity contribution in [2.24, 2.45) is 0 Å². The second kappa shape index (κ2) is 7.67. The van der Waals surface area contributed by atoms with Gasteiger partial charge in [0.05, 0.1) is 17.7 Å². The summed E-state index contributed by atoms with van der Waals surface area (Å²) in [5.74, 6) is -0.428. The van der Waals surface area contributed by atoms with E-state index in [4.69, 9.17) is 4.42 Å². The standard InChI is InChI=1S/C21H18N4O4/c1-13-6-8-14(9-7-13)19-24-23-18(29-19)12-22-17(26)10-11-25-20(27)15-4-2-3-5-16(15)21(25)28/h2-9H,10-12H2,1H3,(H,22,26). The van der Waals surface area contributed by atoms with Crippen molar-refractivity contribution in [3.8, 4) is 11.5 Å². The topological polar surface area (TPSA) is 105 Å². The summed E-state index contributed by atoms with van der Waals surface area (Å²) >= 11 is 0. The Kier molecular flexibility index (Phi) is 4.90. The van der Waals surface area contributed by atoms with Crippen LogP contribution in [-0.4, -0.2) is 39.4 Å². The van der Waals surface area contributed by atoms with Crippen LogP contribution in [0.2, 0.25) is 0 Å². The van der Waals surface area contributed by atoms with Gasteiger partial charge in [0.1, 0.15) is 0 Å². The molecule has 2 aromatic carbocycles. The van der Waals surface area contributed by atoms with E-state index in [0.717, 1.165) is 16.0 Å². The first kappa shape index (κ1) is 18.5. The zero-order valence-corrected chi connectivity index (χ0v) is 15.7. The van der Waals surface area contributed by atoms with Gasteiger partial charge in [-0.25, -0.2) is 0 Å². The fraction of sp³-hybridized carbons (Fsp3) is 0.190. The lowest BCUT2D eigenvalue weighted by Crippen LogP contribution is -2.34. The number of nitrogens with one attached hydrogen (secondary N) is 1. The van der Waals surface area contributed by atoms with Crippen LogP contribution in [-0.2, 0) is 11.3 Å². The molecule has 29 heavy (non-hydrogen) atoms. The van der Waals surface area contributed by atoms with Crippen molar-refractivity contribution in [3.05, 3.63) is 71.1 Å². The molecule has 8 heteroatoms. The Labute approximate surface area is 166 Å². The highest BCUT2D eigenvalue weighted by atomic mass is 16.4. The molecule has 1 aliphatic heterocycles. The number of carbonyl (C=O) groups excluding carboxylic acids is 3. The highest BCUT2D eigenvalue weighted by Crippen LogP contribution is 2.22. The highest BCUT2D eigenvalue weighted by Gasteiger charge is 2.34. The van der Waals surface area contributed by atoms with Crippen LogP contribution in [0.1, 0.15) is 38.6 Å². The van der Waals surface area contributed by atoms with Crippen LogP contribution in [0.4, 0.5) is 0 Å². The molecule has 3 aromatic rings. The van der Waals surface area contributed by atoms with Crippen LogP contribution in [0.5, 0.6) is 0 Å². The third-order valence-corrected chi connectivity index (χ3v) is 4.64. The van der Waals surface area contributed by atoms with Gasteiger partial charge in [-0.05, 0) is 31.2 Å². The molecule has 2 heterocycles. The zero-order chi connectivity index (χ0) is 20.4. The Bertz CT molecular complexity index is 1050. The van der Waals surface area contributed by atoms with Gasteiger partial charge in [-0.2, -0.15) is 0 Å². The molecular weight excluding hydrogens is 372 g/mol. The van der Waals surface area contributed by atoms with Gasteiger partial charge in [-0.3, -0.25) is 19.3 Å². The molecule has 0 atom stereocenters. The molecule has 3 amide bonds. The summed E-state index contributed by atoms with van der Waals surface area (Å²) in [5, 5.41) is 10.6. The number of rotatable bonds is 6. The molecule has 0 bridgehead atoms. The Morgan fingerprint density at radius 1 is 1.00 bits per heavy atom. The molecule has 0 aliphatic carbocycles. The van der Waals surface area contributed by atoms with Crippen LogP contribution in [0.25, 0.3) is 11.5 Å². The molecule has 0 unspecified atom stereocenters. The number of hydrogen-bond donors (Lipinski definition) is 1. The minimum Gasteiger partial charge on any atom is -0.419 e. The number of benzene rings is 2. The van der Waals surface area contributed by atoms with Crippen LogP contribution in [0, 0.1) is 6.92 Å².